The van der Waals surface area contributed by atoms with Gasteiger partial charge in [0.25, 0.3) is 0 Å². The lowest BCUT2D eigenvalue weighted by Gasteiger charge is -2.36. The summed E-state index contributed by atoms with van der Waals surface area (Å²) in [6.45, 7) is 2.21. The van der Waals surface area contributed by atoms with Crippen LogP contribution in [-0.2, 0) is 5.54 Å². The van der Waals surface area contributed by atoms with Gasteiger partial charge in [0.05, 0.1) is 5.54 Å². The average molecular weight is 252 g/mol. The molecule has 2 heteroatoms. The van der Waals surface area contributed by atoms with Crippen molar-refractivity contribution in [3.63, 3.8) is 0 Å². The van der Waals surface area contributed by atoms with Crippen molar-refractivity contribution in [2.75, 3.05) is 5.88 Å². The van der Waals surface area contributed by atoms with Crippen LogP contribution in [0.3, 0.4) is 0 Å². The van der Waals surface area contributed by atoms with Crippen molar-refractivity contribution in [3.05, 3.63) is 35.9 Å². The van der Waals surface area contributed by atoms with Crippen LogP contribution < -0.4 is 5.32 Å². The Hall–Kier alpha value is -0.530. The van der Waals surface area contributed by atoms with E-state index in [1.807, 2.05) is 0 Å². The third-order valence-electron chi connectivity index (χ3n) is 3.81. The molecule has 2 rings (SSSR count). The molecule has 0 radical (unpaired) electrons. The average Bonchev–Trinajstić information content (AvgIpc) is 2.41. The molecule has 0 aliphatic heterocycles. The zero-order chi connectivity index (χ0) is 12.1. The summed E-state index contributed by atoms with van der Waals surface area (Å²) in [5.74, 6) is 0.619. The normalized spacial score (nSPS) is 21.1. The second kappa shape index (κ2) is 5.88. The highest BCUT2D eigenvalue weighted by molar-refractivity contribution is 6.18. The van der Waals surface area contributed by atoms with Gasteiger partial charge in [-0.05, 0) is 25.3 Å². The Kier molecular flexibility index (Phi) is 4.47. The van der Waals surface area contributed by atoms with Crippen LogP contribution in [0.2, 0.25) is 0 Å². The number of hydrogen-bond acceptors (Lipinski definition) is 1. The van der Waals surface area contributed by atoms with Gasteiger partial charge in [-0.15, -0.1) is 11.6 Å². The van der Waals surface area contributed by atoms with Crippen molar-refractivity contribution < 1.29 is 0 Å². The van der Waals surface area contributed by atoms with Crippen molar-refractivity contribution in [1.29, 1.82) is 0 Å². The number of alkyl halides is 1. The first-order valence-electron chi connectivity index (χ1n) is 6.64. The monoisotopic (exact) mass is 251 g/mol. The molecule has 1 nitrogen and oxygen atoms in total. The third kappa shape index (κ3) is 3.23. The predicted molar refractivity (Wildman–Crippen MR) is 74.5 cm³/mol. The zero-order valence-corrected chi connectivity index (χ0v) is 11.3. The van der Waals surface area contributed by atoms with E-state index in [0.29, 0.717) is 11.9 Å². The van der Waals surface area contributed by atoms with Crippen molar-refractivity contribution in [3.8, 4) is 0 Å². The van der Waals surface area contributed by atoms with Gasteiger partial charge in [-0.3, -0.25) is 0 Å². The van der Waals surface area contributed by atoms with E-state index in [-0.39, 0.29) is 5.54 Å². The van der Waals surface area contributed by atoms with Crippen LogP contribution in [0.5, 0.6) is 0 Å². The molecule has 1 aromatic rings. The van der Waals surface area contributed by atoms with Crippen LogP contribution in [0, 0.1) is 0 Å². The molecule has 0 spiro atoms. The van der Waals surface area contributed by atoms with Gasteiger partial charge in [-0.2, -0.15) is 0 Å². The van der Waals surface area contributed by atoms with Gasteiger partial charge in [0.15, 0.2) is 0 Å². The molecule has 0 amide bonds. The largest absolute Gasteiger partial charge is 0.304 e. The van der Waals surface area contributed by atoms with Gasteiger partial charge in [0.1, 0.15) is 0 Å². The molecule has 1 saturated carbocycles. The minimum absolute atomic E-state index is 0.0924. The molecule has 0 bridgehead atoms. The molecule has 1 atom stereocenters. The van der Waals surface area contributed by atoms with E-state index in [4.69, 9.17) is 11.6 Å². The predicted octanol–water partition coefficient (Wildman–Crippen LogP) is 4.06. The second-order valence-electron chi connectivity index (χ2n) is 5.31. The molecule has 17 heavy (non-hydrogen) atoms. The molecule has 1 N–H and O–H groups in total. The van der Waals surface area contributed by atoms with E-state index in [1.54, 1.807) is 0 Å². The van der Waals surface area contributed by atoms with E-state index in [2.05, 4.69) is 42.6 Å². The zero-order valence-electron chi connectivity index (χ0n) is 10.6. The van der Waals surface area contributed by atoms with Crippen molar-refractivity contribution >= 4 is 11.6 Å². The van der Waals surface area contributed by atoms with E-state index >= 15 is 0 Å². The maximum absolute atomic E-state index is 6.20. The third-order valence-corrected chi connectivity index (χ3v) is 4.34. The van der Waals surface area contributed by atoms with Gasteiger partial charge >= 0.3 is 0 Å². The van der Waals surface area contributed by atoms with Crippen LogP contribution in [0.15, 0.2) is 30.3 Å². The number of halogens is 1. The lowest BCUT2D eigenvalue weighted by Crippen LogP contribution is -2.47. The van der Waals surface area contributed by atoms with Crippen LogP contribution in [0.1, 0.15) is 44.6 Å². The van der Waals surface area contributed by atoms with E-state index in [0.717, 1.165) is 0 Å². The van der Waals surface area contributed by atoms with E-state index in [1.165, 1.54) is 37.7 Å². The molecule has 1 aliphatic rings. The highest BCUT2D eigenvalue weighted by atomic mass is 35.5. The number of benzene rings is 1. The molecule has 1 aromatic carbocycles. The molecule has 94 valence electrons. The summed E-state index contributed by atoms with van der Waals surface area (Å²) in [5.41, 5.74) is 1.20. The number of hydrogen-bond donors (Lipinski definition) is 1. The number of rotatable bonds is 4. The van der Waals surface area contributed by atoms with Gasteiger partial charge in [-0.25, -0.2) is 0 Å². The van der Waals surface area contributed by atoms with E-state index < -0.39 is 0 Å². The summed E-state index contributed by atoms with van der Waals surface area (Å²) < 4.78 is 0. The summed E-state index contributed by atoms with van der Waals surface area (Å²) in [6, 6.07) is 11.2. The van der Waals surface area contributed by atoms with Crippen LogP contribution in [0.4, 0.5) is 0 Å². The highest BCUT2D eigenvalue weighted by Crippen LogP contribution is 2.26. The fraction of sp³-hybridized carbons (Fsp3) is 0.600. The summed E-state index contributed by atoms with van der Waals surface area (Å²) in [4.78, 5) is 0. The maximum atomic E-state index is 6.20. The van der Waals surface area contributed by atoms with Gasteiger partial charge < -0.3 is 5.32 Å². The Bertz CT molecular complexity index is 332. The van der Waals surface area contributed by atoms with Crippen molar-refractivity contribution in [1.82, 2.24) is 5.32 Å². The summed E-state index contributed by atoms with van der Waals surface area (Å²) in [6.07, 6.45) is 6.68. The first-order chi connectivity index (χ1) is 8.24. The summed E-state index contributed by atoms with van der Waals surface area (Å²) in [7, 11) is 0. The summed E-state index contributed by atoms with van der Waals surface area (Å²) >= 11 is 6.20. The number of nitrogens with one attached hydrogen (secondary N) is 1. The SMILES string of the molecule is CC(CCl)(NC1CCCCC1)c1ccccc1. The highest BCUT2D eigenvalue weighted by Gasteiger charge is 2.28. The lowest BCUT2D eigenvalue weighted by molar-refractivity contribution is 0.285. The quantitative estimate of drug-likeness (QED) is 0.796. The Morgan fingerprint density at radius 3 is 2.41 bits per heavy atom. The minimum atomic E-state index is -0.0924. The van der Waals surface area contributed by atoms with Crippen LogP contribution in [-0.4, -0.2) is 11.9 Å². The minimum Gasteiger partial charge on any atom is -0.304 e. The lowest BCUT2D eigenvalue weighted by atomic mass is 9.89. The Balaban J connectivity index is 2.08. The van der Waals surface area contributed by atoms with Gasteiger partial charge in [0, 0.05) is 11.9 Å². The first-order valence-corrected chi connectivity index (χ1v) is 7.17. The Labute approximate surface area is 110 Å². The summed E-state index contributed by atoms with van der Waals surface area (Å²) in [5, 5.41) is 3.77. The molecule has 0 heterocycles. The second-order valence-corrected chi connectivity index (χ2v) is 5.58. The van der Waals surface area contributed by atoms with Crippen molar-refractivity contribution in [2.24, 2.45) is 0 Å². The fourth-order valence-corrected chi connectivity index (χ4v) is 2.93. The van der Waals surface area contributed by atoms with Gasteiger partial charge in [-0.1, -0.05) is 49.6 Å². The molecular formula is C15H22ClN. The fourth-order valence-electron chi connectivity index (χ4n) is 2.70. The standard InChI is InChI=1S/C15H22ClN/c1-15(12-16,13-8-4-2-5-9-13)17-14-10-6-3-7-11-14/h2,4-5,8-9,14,17H,3,6-7,10-12H2,1H3. The van der Waals surface area contributed by atoms with Crippen LogP contribution in [0.25, 0.3) is 0 Å². The maximum Gasteiger partial charge on any atom is 0.0545 e. The molecule has 1 aliphatic carbocycles. The Morgan fingerprint density at radius 2 is 1.82 bits per heavy atom. The molecule has 1 fully saturated rings. The molecule has 0 aromatic heterocycles. The van der Waals surface area contributed by atoms with Gasteiger partial charge in [0.2, 0.25) is 0 Å². The van der Waals surface area contributed by atoms with Crippen molar-refractivity contribution in [2.45, 2.75) is 50.6 Å². The molecule has 1 unspecified atom stereocenters. The van der Waals surface area contributed by atoms with E-state index in [9.17, 15) is 0 Å². The van der Waals surface area contributed by atoms with Crippen LogP contribution >= 0.6 is 11.6 Å². The Morgan fingerprint density at radius 1 is 1.18 bits per heavy atom. The topological polar surface area (TPSA) is 12.0 Å². The first kappa shape index (κ1) is 12.9. The molecular weight excluding hydrogens is 230 g/mol. The smallest absolute Gasteiger partial charge is 0.0545 e. The molecule has 0 saturated heterocycles.